The Balaban J connectivity index is 0.000000116. The highest BCUT2D eigenvalue weighted by molar-refractivity contribution is 9.10. The first-order valence-corrected chi connectivity index (χ1v) is 30.8. The molecule has 0 unspecified atom stereocenters. The molecule has 88 heavy (non-hydrogen) atoms. The number of rotatable bonds is 4. The minimum atomic E-state index is -1.52. The summed E-state index contributed by atoms with van der Waals surface area (Å²) in [6.45, 7) is 0. The van der Waals surface area contributed by atoms with Crippen LogP contribution < -0.4 is 5.46 Å². The van der Waals surface area contributed by atoms with Gasteiger partial charge in [-0.3, -0.25) is 0 Å². The molecule has 0 bridgehead atoms. The smallest absolute Gasteiger partial charge is 0.423 e. The molecule has 18 aromatic carbocycles. The molecular formula is C84H54BBrO2. The largest absolute Gasteiger partial charge is 0.489 e. The van der Waals surface area contributed by atoms with Crippen LogP contribution in [0.5, 0.6) is 0 Å². The molecule has 18 aromatic rings. The normalized spacial score (nSPS) is 11.6. The summed E-state index contributed by atoms with van der Waals surface area (Å²) in [5.41, 5.74) is 7.94. The average Bonchev–Trinajstić information content (AvgIpc) is 1.04. The standard InChI is InChI=1S/C42H26.C24H17BO2.C18H11Br/c1-2-13-29-25-30(23-21-27(29)11-1)41-35-17-7-9-19-37(35)42(38-20-10-8-18-36(38)41)39-26-31-24-22-28-12-3-4-14-32(28)40(31)34-16-6-5-15-33(34)39;26-25(27)24-21-11-5-3-9-19(21)23(20-10-4-6-12-22(20)24)18-14-13-16-7-1-2-8-17(16)15-18;19-17-11-13-10-9-12-5-1-2-6-14(12)18(13)16-8-4-3-7-15(16)17/h1-26H;1-15,26-27H;1-11H. The lowest BCUT2D eigenvalue weighted by Crippen LogP contribution is -2.31. The third kappa shape index (κ3) is 9.04. The number of benzene rings is 18. The first-order chi connectivity index (χ1) is 43.4. The van der Waals surface area contributed by atoms with E-state index in [2.05, 4.69) is 283 Å². The Hall–Kier alpha value is -10.5. The minimum absolute atomic E-state index is 0.561. The molecule has 0 amide bonds. The van der Waals surface area contributed by atoms with Crippen LogP contribution in [0.15, 0.2) is 320 Å². The summed E-state index contributed by atoms with van der Waals surface area (Å²) in [5.74, 6) is 0. The maximum absolute atomic E-state index is 10.1. The molecule has 2 nitrogen and oxygen atoms in total. The maximum atomic E-state index is 10.1. The Morgan fingerprint density at radius 2 is 0.511 bits per heavy atom. The van der Waals surface area contributed by atoms with Gasteiger partial charge in [-0.2, -0.15) is 0 Å². The Labute approximate surface area is 517 Å². The van der Waals surface area contributed by atoms with E-state index in [1.54, 1.807) is 0 Å². The van der Waals surface area contributed by atoms with Gasteiger partial charge in [-0.1, -0.05) is 307 Å². The van der Waals surface area contributed by atoms with Crippen molar-refractivity contribution in [2.75, 3.05) is 0 Å². The van der Waals surface area contributed by atoms with Gasteiger partial charge in [-0.25, -0.2) is 0 Å². The molecule has 412 valence electrons. The van der Waals surface area contributed by atoms with Crippen LogP contribution in [0.1, 0.15) is 0 Å². The first-order valence-electron chi connectivity index (χ1n) is 30.0. The van der Waals surface area contributed by atoms with Gasteiger partial charge in [-0.15, -0.1) is 0 Å². The van der Waals surface area contributed by atoms with Crippen molar-refractivity contribution >= 4 is 158 Å². The van der Waals surface area contributed by atoms with Gasteiger partial charge in [0.25, 0.3) is 0 Å². The van der Waals surface area contributed by atoms with E-state index in [0.29, 0.717) is 5.46 Å². The molecular weight excluding hydrogens is 1130 g/mol. The highest BCUT2D eigenvalue weighted by atomic mass is 79.9. The monoisotopic (exact) mass is 1180 g/mol. The molecule has 2 N–H and O–H groups in total. The fourth-order valence-electron chi connectivity index (χ4n) is 14.1. The molecule has 0 aromatic heterocycles. The third-order valence-corrected chi connectivity index (χ3v) is 18.6. The van der Waals surface area contributed by atoms with E-state index < -0.39 is 7.12 Å². The Morgan fingerprint density at radius 1 is 0.216 bits per heavy atom. The average molecular weight is 1190 g/mol. The van der Waals surface area contributed by atoms with Crippen LogP contribution in [0, 0.1) is 0 Å². The van der Waals surface area contributed by atoms with Gasteiger partial charge in [0, 0.05) is 4.47 Å². The van der Waals surface area contributed by atoms with Crippen LogP contribution in [0.4, 0.5) is 0 Å². The summed E-state index contributed by atoms with van der Waals surface area (Å²) in [6.07, 6.45) is 0. The number of fused-ring (bicyclic) bond motifs is 16. The topological polar surface area (TPSA) is 40.5 Å². The van der Waals surface area contributed by atoms with Crippen molar-refractivity contribution in [3.8, 4) is 33.4 Å². The van der Waals surface area contributed by atoms with E-state index >= 15 is 0 Å². The lowest BCUT2D eigenvalue weighted by molar-refractivity contribution is 0.426. The second kappa shape index (κ2) is 22.1. The van der Waals surface area contributed by atoms with E-state index in [1.807, 2.05) is 48.5 Å². The zero-order valence-electron chi connectivity index (χ0n) is 47.9. The van der Waals surface area contributed by atoms with Gasteiger partial charge in [0.2, 0.25) is 0 Å². The second-order valence-corrected chi connectivity index (χ2v) is 23.7. The minimum Gasteiger partial charge on any atom is -0.423 e. The van der Waals surface area contributed by atoms with E-state index in [9.17, 15) is 10.0 Å². The molecule has 0 spiro atoms. The van der Waals surface area contributed by atoms with Gasteiger partial charge >= 0.3 is 7.12 Å². The lowest BCUT2D eigenvalue weighted by Gasteiger charge is -2.20. The first kappa shape index (κ1) is 53.0. The van der Waals surface area contributed by atoms with Crippen molar-refractivity contribution < 1.29 is 10.0 Å². The van der Waals surface area contributed by atoms with Crippen LogP contribution in [-0.2, 0) is 0 Å². The fraction of sp³-hybridized carbons (Fsp3) is 0. The number of hydrogen-bond donors (Lipinski definition) is 2. The molecule has 0 heterocycles. The van der Waals surface area contributed by atoms with Gasteiger partial charge in [0.15, 0.2) is 0 Å². The number of hydrogen-bond acceptors (Lipinski definition) is 2. The van der Waals surface area contributed by atoms with E-state index in [0.717, 1.165) is 37.1 Å². The van der Waals surface area contributed by atoms with Crippen molar-refractivity contribution in [3.63, 3.8) is 0 Å². The van der Waals surface area contributed by atoms with Crippen LogP contribution in [0.3, 0.4) is 0 Å². The maximum Gasteiger partial charge on any atom is 0.489 e. The molecule has 0 fully saturated rings. The molecule has 0 atom stereocenters. The summed E-state index contributed by atoms with van der Waals surface area (Å²) < 4.78 is 1.16. The van der Waals surface area contributed by atoms with Crippen LogP contribution in [0.2, 0.25) is 0 Å². The summed E-state index contributed by atoms with van der Waals surface area (Å²) >= 11 is 3.68. The van der Waals surface area contributed by atoms with E-state index in [4.69, 9.17) is 0 Å². The predicted molar refractivity (Wildman–Crippen MR) is 383 cm³/mol. The third-order valence-electron chi connectivity index (χ3n) is 18.0. The van der Waals surface area contributed by atoms with E-state index in [1.165, 1.54) is 130 Å². The van der Waals surface area contributed by atoms with Crippen molar-refractivity contribution in [2.24, 2.45) is 0 Å². The fourth-order valence-corrected chi connectivity index (χ4v) is 14.7. The van der Waals surface area contributed by atoms with Gasteiger partial charge in [0.05, 0.1) is 0 Å². The predicted octanol–water partition coefficient (Wildman–Crippen LogP) is 22.3. The quantitative estimate of drug-likeness (QED) is 0.105. The van der Waals surface area contributed by atoms with Gasteiger partial charge in [-0.05, 0) is 192 Å². The zero-order valence-corrected chi connectivity index (χ0v) is 49.5. The van der Waals surface area contributed by atoms with Crippen LogP contribution in [-0.4, -0.2) is 17.2 Å². The Morgan fingerprint density at radius 3 is 0.955 bits per heavy atom. The Kier molecular flexibility index (Phi) is 13.3. The van der Waals surface area contributed by atoms with Crippen molar-refractivity contribution in [2.45, 2.75) is 0 Å². The van der Waals surface area contributed by atoms with Crippen LogP contribution >= 0.6 is 15.9 Å². The molecule has 0 aliphatic rings. The van der Waals surface area contributed by atoms with Gasteiger partial charge < -0.3 is 10.0 Å². The molecule has 0 aliphatic heterocycles. The van der Waals surface area contributed by atoms with E-state index in [-0.39, 0.29) is 0 Å². The van der Waals surface area contributed by atoms with Crippen molar-refractivity contribution in [1.29, 1.82) is 0 Å². The highest BCUT2D eigenvalue weighted by Crippen LogP contribution is 2.48. The summed E-state index contributed by atoms with van der Waals surface area (Å²) in [7, 11) is -1.52. The summed E-state index contributed by atoms with van der Waals surface area (Å²) in [6, 6.07) is 113. The molecule has 0 aliphatic carbocycles. The summed E-state index contributed by atoms with van der Waals surface area (Å²) in [5, 5.41) is 49.6. The second-order valence-electron chi connectivity index (χ2n) is 22.9. The van der Waals surface area contributed by atoms with Crippen molar-refractivity contribution in [1.82, 2.24) is 0 Å². The Bertz CT molecular complexity index is 5720. The molecule has 0 saturated heterocycles. The summed E-state index contributed by atoms with van der Waals surface area (Å²) in [4.78, 5) is 0. The van der Waals surface area contributed by atoms with Crippen molar-refractivity contribution in [3.05, 3.63) is 320 Å². The van der Waals surface area contributed by atoms with Gasteiger partial charge in [0.1, 0.15) is 0 Å². The highest BCUT2D eigenvalue weighted by Gasteiger charge is 2.23. The zero-order chi connectivity index (χ0) is 58.8. The molecule has 0 saturated carbocycles. The molecule has 4 heteroatoms. The SMILES string of the molecule is Brc1cc2ccc3ccccc3c2c2ccccc12.OB(O)c1c2ccccc2c(-c2ccc3ccccc3c2)c2ccccc12.c1ccc2cc(-c3c4ccccc4c(-c4cc5ccc6ccccc6c5c5ccccc45)c4ccccc34)ccc2c1. The molecule has 0 radical (unpaired) electrons. The number of halogens is 1. The molecule has 18 rings (SSSR count). The lowest BCUT2D eigenvalue weighted by atomic mass is 9.72. The van der Waals surface area contributed by atoms with Crippen LogP contribution in [0.25, 0.3) is 163 Å².